The third kappa shape index (κ3) is 4.02. The Hall–Kier alpha value is -1.51. The van der Waals surface area contributed by atoms with Crippen molar-refractivity contribution in [2.75, 3.05) is 25.0 Å². The lowest BCUT2D eigenvalue weighted by atomic mass is 10.2. The van der Waals surface area contributed by atoms with E-state index in [9.17, 15) is 8.42 Å². The number of thiazole rings is 1. The first-order chi connectivity index (χ1) is 12.0. The van der Waals surface area contributed by atoms with Crippen molar-refractivity contribution in [1.29, 1.82) is 0 Å². The highest BCUT2D eigenvalue weighted by Crippen LogP contribution is 2.28. The van der Waals surface area contributed by atoms with Gasteiger partial charge in [0.25, 0.3) is 0 Å². The lowest BCUT2D eigenvalue weighted by Crippen LogP contribution is -2.36. The molecular weight excluding hydrogens is 356 g/mol. The quantitative estimate of drug-likeness (QED) is 0.771. The number of rotatable bonds is 6. The minimum atomic E-state index is -3.52. The summed E-state index contributed by atoms with van der Waals surface area (Å²) in [7, 11) is -1.65. The monoisotopic (exact) mass is 380 g/mol. The summed E-state index contributed by atoms with van der Waals surface area (Å²) in [6.45, 7) is 3.79. The van der Waals surface area contributed by atoms with Crippen LogP contribution < -0.4 is 4.90 Å². The van der Waals surface area contributed by atoms with Gasteiger partial charge in [0, 0.05) is 31.7 Å². The van der Waals surface area contributed by atoms with E-state index in [-0.39, 0.29) is 4.90 Å². The molecule has 136 valence electrons. The highest BCUT2D eigenvalue weighted by Gasteiger charge is 2.29. The number of aromatic nitrogens is 2. The van der Waals surface area contributed by atoms with E-state index >= 15 is 0 Å². The summed E-state index contributed by atoms with van der Waals surface area (Å²) < 4.78 is 27.7. The van der Waals surface area contributed by atoms with Crippen LogP contribution in [0.3, 0.4) is 0 Å². The van der Waals surface area contributed by atoms with Gasteiger partial charge in [-0.05, 0) is 31.4 Å². The average Bonchev–Trinajstić information content (AvgIpc) is 3.10. The molecule has 0 aromatic carbocycles. The fourth-order valence-corrected chi connectivity index (χ4v) is 5.46. The lowest BCUT2D eigenvalue weighted by molar-refractivity contribution is 0.346. The Morgan fingerprint density at radius 1 is 1.28 bits per heavy atom. The zero-order valence-electron chi connectivity index (χ0n) is 14.7. The van der Waals surface area contributed by atoms with E-state index in [0.29, 0.717) is 25.5 Å². The molecule has 0 radical (unpaired) electrons. The molecular formula is C17H24N4O2S2. The molecule has 25 heavy (non-hydrogen) atoms. The smallest absolute Gasteiger partial charge is 0.246 e. The largest absolute Gasteiger partial charge is 0.353 e. The molecule has 1 aliphatic heterocycles. The van der Waals surface area contributed by atoms with Crippen LogP contribution in [0, 0.1) is 0 Å². The molecule has 0 amide bonds. The lowest BCUT2D eigenvalue weighted by Gasteiger charge is -2.28. The van der Waals surface area contributed by atoms with E-state index in [1.54, 1.807) is 34.0 Å². The minimum Gasteiger partial charge on any atom is -0.353 e. The third-order valence-corrected chi connectivity index (χ3v) is 7.31. The van der Waals surface area contributed by atoms with Gasteiger partial charge in [-0.1, -0.05) is 13.3 Å². The Morgan fingerprint density at radius 3 is 2.72 bits per heavy atom. The Balaban J connectivity index is 1.87. The normalized spacial score (nSPS) is 16.1. The number of nitrogens with zero attached hydrogens (tertiary/aromatic N) is 4. The fraction of sp³-hybridized carbons (Fsp3) is 0.529. The standard InChI is InChI=1S/C17H24N4O2S2/c1-3-16-19-14(13-24-16)12-20(2)17-15(8-7-9-18-17)25(22,23)21-10-5-4-6-11-21/h7-9,13H,3-6,10-12H2,1-2H3. The maximum absolute atomic E-state index is 13.1. The molecule has 2 aromatic heterocycles. The van der Waals surface area contributed by atoms with E-state index in [1.165, 1.54) is 0 Å². The van der Waals surface area contributed by atoms with Crippen LogP contribution in [0.1, 0.15) is 36.9 Å². The zero-order chi connectivity index (χ0) is 17.9. The number of pyridine rings is 1. The highest BCUT2D eigenvalue weighted by atomic mass is 32.2. The van der Waals surface area contributed by atoms with Gasteiger partial charge >= 0.3 is 0 Å². The van der Waals surface area contributed by atoms with Gasteiger partial charge in [-0.15, -0.1) is 11.3 Å². The molecule has 0 saturated carbocycles. The minimum absolute atomic E-state index is 0.283. The van der Waals surface area contributed by atoms with Crippen LogP contribution in [0.15, 0.2) is 28.6 Å². The molecule has 1 saturated heterocycles. The van der Waals surface area contributed by atoms with Crippen molar-refractivity contribution < 1.29 is 8.42 Å². The first-order valence-electron chi connectivity index (χ1n) is 8.62. The summed E-state index contributed by atoms with van der Waals surface area (Å²) >= 11 is 1.63. The molecule has 3 heterocycles. The number of hydrogen-bond donors (Lipinski definition) is 0. The molecule has 3 rings (SSSR count). The number of anilines is 1. The van der Waals surface area contributed by atoms with Gasteiger partial charge in [-0.2, -0.15) is 4.31 Å². The van der Waals surface area contributed by atoms with Gasteiger partial charge in [-0.3, -0.25) is 0 Å². The molecule has 0 atom stereocenters. The van der Waals surface area contributed by atoms with Crippen LogP contribution in [0.5, 0.6) is 0 Å². The second-order valence-electron chi connectivity index (χ2n) is 6.23. The van der Waals surface area contributed by atoms with Crippen molar-refractivity contribution in [3.63, 3.8) is 0 Å². The van der Waals surface area contributed by atoms with E-state index in [4.69, 9.17) is 0 Å². The number of piperidine rings is 1. The molecule has 0 unspecified atom stereocenters. The van der Waals surface area contributed by atoms with Crippen molar-refractivity contribution in [3.8, 4) is 0 Å². The Bertz CT molecular complexity index is 814. The van der Waals surface area contributed by atoms with E-state index < -0.39 is 10.0 Å². The molecule has 0 N–H and O–H groups in total. The average molecular weight is 381 g/mol. The predicted octanol–water partition coefficient (Wildman–Crippen LogP) is 2.91. The molecule has 0 aliphatic carbocycles. The summed E-state index contributed by atoms with van der Waals surface area (Å²) in [6.07, 6.45) is 5.48. The second kappa shape index (κ2) is 7.80. The van der Waals surface area contributed by atoms with Gasteiger partial charge in [0.05, 0.1) is 17.2 Å². The van der Waals surface area contributed by atoms with Crippen molar-refractivity contribution in [1.82, 2.24) is 14.3 Å². The molecule has 6 nitrogen and oxygen atoms in total. The molecule has 0 spiro atoms. The van der Waals surface area contributed by atoms with Crippen LogP contribution in [0.2, 0.25) is 0 Å². The first-order valence-corrected chi connectivity index (χ1v) is 10.9. The van der Waals surface area contributed by atoms with Crippen LogP contribution in [0.4, 0.5) is 5.82 Å². The van der Waals surface area contributed by atoms with Crippen molar-refractivity contribution in [2.45, 2.75) is 44.0 Å². The summed E-state index contributed by atoms with van der Waals surface area (Å²) in [4.78, 5) is 11.1. The van der Waals surface area contributed by atoms with Gasteiger partial charge < -0.3 is 4.90 Å². The van der Waals surface area contributed by atoms with Crippen molar-refractivity contribution in [3.05, 3.63) is 34.4 Å². The molecule has 2 aromatic rings. The zero-order valence-corrected chi connectivity index (χ0v) is 16.3. The fourth-order valence-electron chi connectivity index (χ4n) is 3.02. The van der Waals surface area contributed by atoms with Gasteiger partial charge in [-0.25, -0.2) is 18.4 Å². The summed E-state index contributed by atoms with van der Waals surface area (Å²) in [5.41, 5.74) is 0.941. The summed E-state index contributed by atoms with van der Waals surface area (Å²) in [5, 5.41) is 3.11. The van der Waals surface area contributed by atoms with Gasteiger partial charge in [0.2, 0.25) is 10.0 Å². The van der Waals surface area contributed by atoms with Gasteiger partial charge in [0.15, 0.2) is 0 Å². The van der Waals surface area contributed by atoms with Crippen LogP contribution in [-0.2, 0) is 23.0 Å². The van der Waals surface area contributed by atoms with E-state index in [0.717, 1.165) is 36.4 Å². The van der Waals surface area contributed by atoms with E-state index in [1.807, 2.05) is 17.3 Å². The molecule has 1 fully saturated rings. The Kier molecular flexibility index (Phi) is 5.71. The number of sulfonamides is 1. The maximum atomic E-state index is 13.1. The van der Waals surface area contributed by atoms with Crippen LogP contribution in [-0.4, -0.2) is 42.8 Å². The van der Waals surface area contributed by atoms with Crippen molar-refractivity contribution >= 4 is 27.2 Å². The first kappa shape index (κ1) is 18.3. The Labute approximate surface area is 153 Å². The highest BCUT2D eigenvalue weighted by molar-refractivity contribution is 7.89. The van der Waals surface area contributed by atoms with Crippen LogP contribution in [0.25, 0.3) is 0 Å². The molecule has 1 aliphatic rings. The van der Waals surface area contributed by atoms with Crippen molar-refractivity contribution in [2.24, 2.45) is 0 Å². The third-order valence-electron chi connectivity index (χ3n) is 4.35. The van der Waals surface area contributed by atoms with Crippen LogP contribution >= 0.6 is 11.3 Å². The van der Waals surface area contributed by atoms with Gasteiger partial charge in [0.1, 0.15) is 10.7 Å². The summed E-state index contributed by atoms with van der Waals surface area (Å²) in [6, 6.07) is 3.34. The topological polar surface area (TPSA) is 66.4 Å². The Morgan fingerprint density at radius 2 is 2.04 bits per heavy atom. The number of hydrogen-bond acceptors (Lipinski definition) is 6. The summed E-state index contributed by atoms with van der Waals surface area (Å²) in [5.74, 6) is 0.485. The molecule has 8 heteroatoms. The maximum Gasteiger partial charge on any atom is 0.246 e. The second-order valence-corrected chi connectivity index (χ2v) is 9.08. The number of aryl methyl sites for hydroxylation is 1. The predicted molar refractivity (Wildman–Crippen MR) is 100 cm³/mol. The van der Waals surface area contributed by atoms with E-state index in [2.05, 4.69) is 16.9 Å². The molecule has 0 bridgehead atoms. The SMILES string of the molecule is CCc1nc(CN(C)c2ncccc2S(=O)(=O)N2CCCCC2)cs1.